The van der Waals surface area contributed by atoms with E-state index in [1.807, 2.05) is 0 Å². The van der Waals surface area contributed by atoms with Crippen molar-refractivity contribution in [2.24, 2.45) is 0 Å². The van der Waals surface area contributed by atoms with Gasteiger partial charge in [-0.3, -0.25) is 13.7 Å². The molecule has 0 spiro atoms. The van der Waals surface area contributed by atoms with E-state index >= 15 is 4.39 Å². The van der Waals surface area contributed by atoms with Crippen LogP contribution in [0.3, 0.4) is 0 Å². The Morgan fingerprint density at radius 1 is 1.35 bits per heavy atom. The minimum Gasteiger partial charge on any atom is -0.385 e. The van der Waals surface area contributed by atoms with Crippen LogP contribution in [-0.4, -0.2) is 75.2 Å². The van der Waals surface area contributed by atoms with E-state index in [0.29, 0.717) is 5.82 Å². The number of hydrogen-bond donors (Lipinski definition) is 6. The van der Waals surface area contributed by atoms with Crippen molar-refractivity contribution in [2.75, 3.05) is 17.8 Å². The summed E-state index contributed by atoms with van der Waals surface area (Å²) in [5, 5.41) is 24.1. The van der Waals surface area contributed by atoms with Gasteiger partial charge in [0.1, 0.15) is 6.10 Å². The van der Waals surface area contributed by atoms with Crippen LogP contribution in [0.5, 0.6) is 0 Å². The van der Waals surface area contributed by atoms with Gasteiger partial charge in [0.05, 0.1) is 12.9 Å². The molecule has 0 amide bonds. The Bertz CT molecular complexity index is 1160. The predicted octanol–water partition coefficient (Wildman–Crippen LogP) is 1.92. The van der Waals surface area contributed by atoms with Crippen molar-refractivity contribution in [2.45, 2.75) is 50.7 Å². The molecule has 0 bridgehead atoms. The van der Waals surface area contributed by atoms with Gasteiger partial charge in [0.2, 0.25) is 5.28 Å². The van der Waals surface area contributed by atoms with Crippen molar-refractivity contribution in [3.8, 4) is 0 Å². The number of allylic oxidation sites excluding steroid dienone is 1. The van der Waals surface area contributed by atoms with Crippen LogP contribution in [-0.2, 0) is 13.7 Å². The average molecular weight is 544 g/mol. The number of alkyl halides is 1. The van der Waals surface area contributed by atoms with E-state index in [9.17, 15) is 24.2 Å². The fourth-order valence-electron chi connectivity index (χ4n) is 3.10. The number of aliphatic hydroxyl groups is 2. The van der Waals surface area contributed by atoms with E-state index in [-0.39, 0.29) is 34.5 Å². The second-order valence-electron chi connectivity index (χ2n) is 7.79. The molecule has 13 nitrogen and oxygen atoms in total. The highest BCUT2D eigenvalue weighted by Crippen LogP contribution is 2.55. The first-order valence-corrected chi connectivity index (χ1v) is 14.1. The van der Waals surface area contributed by atoms with Crippen molar-refractivity contribution in [3.05, 3.63) is 23.3 Å². The second-order valence-corrected chi connectivity index (χ2v) is 12.1. The summed E-state index contributed by atoms with van der Waals surface area (Å²) in [5.41, 5.74) is 0.0508. The summed E-state index contributed by atoms with van der Waals surface area (Å²) < 4.78 is 43.7. The van der Waals surface area contributed by atoms with Crippen LogP contribution in [0.2, 0.25) is 5.28 Å². The third-order valence-corrected chi connectivity index (χ3v) is 8.43. The minimum absolute atomic E-state index is 0.0178. The smallest absolute Gasteiger partial charge is 0.340 e. The topological polar surface area (TPSA) is 200 Å². The predicted molar refractivity (Wildman–Crippen MR) is 120 cm³/mol. The van der Waals surface area contributed by atoms with Crippen LogP contribution in [0.15, 0.2) is 18.0 Å². The molecular formula is C17H25ClFN5O8P2. The van der Waals surface area contributed by atoms with Gasteiger partial charge in [-0.05, 0) is 36.4 Å². The lowest BCUT2D eigenvalue weighted by Crippen LogP contribution is -2.34. The Morgan fingerprint density at radius 3 is 2.62 bits per heavy atom. The Hall–Kier alpha value is -1.47. The Labute approximate surface area is 198 Å². The highest BCUT2D eigenvalue weighted by Gasteiger charge is 2.35. The number of halogens is 2. The summed E-state index contributed by atoms with van der Waals surface area (Å²) in [7, 11) is -9.60. The van der Waals surface area contributed by atoms with Crippen LogP contribution in [0.1, 0.15) is 32.4 Å². The molecule has 0 aliphatic heterocycles. The van der Waals surface area contributed by atoms with Crippen LogP contribution < -0.4 is 5.32 Å². The molecule has 0 aromatic carbocycles. The van der Waals surface area contributed by atoms with Gasteiger partial charge in [-0.1, -0.05) is 13.0 Å². The van der Waals surface area contributed by atoms with Crippen molar-refractivity contribution in [3.63, 3.8) is 0 Å². The maximum atomic E-state index is 15.2. The maximum Gasteiger partial charge on any atom is 0.340 e. The van der Waals surface area contributed by atoms with E-state index in [0.717, 1.165) is 23.7 Å². The fourth-order valence-corrected chi connectivity index (χ4v) is 5.81. The molecule has 17 heteroatoms. The summed E-state index contributed by atoms with van der Waals surface area (Å²) in [6.45, 7) is 0.839. The normalized spacial score (nSPS) is 19.6. The number of nitrogens with zero attached hydrogens (tertiary/aromatic N) is 4. The van der Waals surface area contributed by atoms with Crippen LogP contribution in [0.25, 0.3) is 11.2 Å². The Kier molecular flexibility index (Phi) is 8.50. The summed E-state index contributed by atoms with van der Waals surface area (Å²) >= 11 is 5.97. The van der Waals surface area contributed by atoms with E-state index in [1.165, 1.54) is 6.08 Å². The number of hydrogen-bond acceptors (Lipinski definition) is 9. The number of nitrogens with one attached hydrogen (secondary N) is 1. The molecule has 1 aliphatic rings. The van der Waals surface area contributed by atoms with Gasteiger partial charge in [-0.2, -0.15) is 9.97 Å². The molecule has 2 aromatic heterocycles. The SMILES string of the molecule is CC/C=C(/COP(=O)(O)CP(=O)(O)O)[C@@H](O)[C@H](F)[C@@H](O)n1cnc2c(NC3CC3)nc(Cl)nc21. The lowest BCUT2D eigenvalue weighted by molar-refractivity contribution is -0.0352. The van der Waals surface area contributed by atoms with Gasteiger partial charge in [-0.25, -0.2) is 9.37 Å². The largest absolute Gasteiger partial charge is 0.385 e. The zero-order valence-electron chi connectivity index (χ0n) is 17.9. The van der Waals surface area contributed by atoms with Crippen molar-refractivity contribution in [1.29, 1.82) is 0 Å². The number of rotatable bonds is 12. The van der Waals surface area contributed by atoms with Gasteiger partial charge in [0, 0.05) is 6.04 Å². The minimum atomic E-state index is -4.86. The number of fused-ring (bicyclic) bond motifs is 1. The molecule has 1 unspecified atom stereocenters. The highest BCUT2D eigenvalue weighted by atomic mass is 35.5. The molecule has 0 radical (unpaired) electrons. The molecule has 34 heavy (non-hydrogen) atoms. The van der Waals surface area contributed by atoms with Gasteiger partial charge < -0.3 is 34.7 Å². The van der Waals surface area contributed by atoms with E-state index in [1.54, 1.807) is 6.92 Å². The Balaban J connectivity index is 1.79. The third-order valence-electron chi connectivity index (χ3n) is 4.83. The van der Waals surface area contributed by atoms with Crippen LogP contribution >= 0.6 is 26.8 Å². The van der Waals surface area contributed by atoms with E-state index < -0.39 is 46.2 Å². The Morgan fingerprint density at radius 2 is 2.03 bits per heavy atom. The summed E-state index contributed by atoms with van der Waals surface area (Å²) in [5.74, 6) is -1.11. The number of aliphatic hydroxyl groups excluding tert-OH is 2. The molecular weight excluding hydrogens is 519 g/mol. The maximum absolute atomic E-state index is 15.2. The van der Waals surface area contributed by atoms with Gasteiger partial charge in [0.15, 0.2) is 35.3 Å². The third kappa shape index (κ3) is 7.03. The molecule has 1 aliphatic carbocycles. The molecule has 190 valence electrons. The van der Waals surface area contributed by atoms with Gasteiger partial charge in [0.25, 0.3) is 0 Å². The monoisotopic (exact) mass is 543 g/mol. The van der Waals surface area contributed by atoms with Gasteiger partial charge in [-0.15, -0.1) is 0 Å². The van der Waals surface area contributed by atoms with Crippen molar-refractivity contribution < 1.29 is 42.9 Å². The molecule has 0 saturated heterocycles. The second kappa shape index (κ2) is 10.7. The first-order valence-electron chi connectivity index (χ1n) is 10.2. The molecule has 2 heterocycles. The van der Waals surface area contributed by atoms with Crippen LogP contribution in [0, 0.1) is 0 Å². The van der Waals surface area contributed by atoms with Gasteiger partial charge >= 0.3 is 15.2 Å². The quantitative estimate of drug-likeness (QED) is 0.129. The first kappa shape index (κ1) is 27.1. The van der Waals surface area contributed by atoms with E-state index in [4.69, 9.17) is 21.4 Å². The fraction of sp³-hybridized carbons (Fsp3) is 0.588. The summed E-state index contributed by atoms with van der Waals surface area (Å²) in [6, 6.07) is 0.204. The first-order chi connectivity index (χ1) is 15.8. The molecule has 3 rings (SSSR count). The number of aromatic nitrogens is 4. The molecule has 6 N–H and O–H groups in total. The van der Waals surface area contributed by atoms with Crippen molar-refractivity contribution >= 4 is 43.8 Å². The van der Waals surface area contributed by atoms with Crippen LogP contribution in [0.4, 0.5) is 10.2 Å². The zero-order valence-corrected chi connectivity index (χ0v) is 20.4. The number of anilines is 1. The zero-order chi connectivity index (χ0) is 25.3. The molecule has 2 aromatic rings. The summed E-state index contributed by atoms with van der Waals surface area (Å²) in [6.07, 6.45) is -1.79. The number of imidazole rings is 1. The van der Waals surface area contributed by atoms with Crippen molar-refractivity contribution in [1.82, 2.24) is 19.5 Å². The lowest BCUT2D eigenvalue weighted by Gasteiger charge is -2.25. The highest BCUT2D eigenvalue weighted by molar-refractivity contribution is 7.70. The standard InChI is InChI=1S/C17H25ClFN5O8P2/c1-2-3-9(6-32-34(30,31)8-33(27,28)29)13(25)11(19)16(26)24-7-20-12-14(21-10-4-5-10)22-17(18)23-15(12)24/h3,7,10-11,13,16,25-26H,2,4-6,8H2,1H3,(H,30,31)(H,21,22,23)(H2,27,28,29)/b9-3-/t11-,13+,16+/m0/s1. The average Bonchev–Trinajstić information content (AvgIpc) is 3.43. The molecule has 1 fully saturated rings. The lowest BCUT2D eigenvalue weighted by atomic mass is 10.0. The molecule has 4 atom stereocenters. The van der Waals surface area contributed by atoms with E-state index in [2.05, 4.69) is 24.8 Å². The summed E-state index contributed by atoms with van der Waals surface area (Å²) in [4.78, 5) is 39.6. The molecule has 1 saturated carbocycles.